The lowest BCUT2D eigenvalue weighted by molar-refractivity contribution is 0.269. The summed E-state index contributed by atoms with van der Waals surface area (Å²) in [5.74, 6) is 1.93. The van der Waals surface area contributed by atoms with Crippen LogP contribution in [0.4, 0.5) is 17.1 Å². The number of hydrogen-bond donors (Lipinski definition) is 0. The molecule has 2 aliphatic carbocycles. The highest BCUT2D eigenvalue weighted by Gasteiger charge is 2.32. The third kappa shape index (κ3) is 6.55. The van der Waals surface area contributed by atoms with E-state index in [1.165, 1.54) is 91.2 Å². The van der Waals surface area contributed by atoms with Gasteiger partial charge in [0.05, 0.1) is 0 Å². The lowest BCUT2D eigenvalue weighted by atomic mass is 9.76. The molecular formula is C57H45NO. The van der Waals surface area contributed by atoms with E-state index in [2.05, 4.69) is 212 Å². The molecule has 2 heteroatoms. The van der Waals surface area contributed by atoms with Crippen molar-refractivity contribution >= 4 is 27.8 Å². The van der Waals surface area contributed by atoms with Crippen LogP contribution in [-0.2, 0) is 0 Å². The fourth-order valence-corrected chi connectivity index (χ4v) is 9.36. The maximum Gasteiger partial charge on any atom is 0.128 e. The van der Waals surface area contributed by atoms with E-state index in [0.717, 1.165) is 22.8 Å². The molecule has 11 rings (SSSR count). The van der Waals surface area contributed by atoms with Crippen LogP contribution in [-0.4, -0.2) is 6.10 Å². The smallest absolute Gasteiger partial charge is 0.128 e. The van der Waals surface area contributed by atoms with E-state index in [-0.39, 0.29) is 12.0 Å². The van der Waals surface area contributed by atoms with Gasteiger partial charge in [-0.25, -0.2) is 0 Å². The molecule has 0 spiro atoms. The molecule has 2 nitrogen and oxygen atoms in total. The van der Waals surface area contributed by atoms with Crippen molar-refractivity contribution in [1.29, 1.82) is 0 Å². The normalized spacial score (nSPS) is 16.6. The maximum absolute atomic E-state index is 6.25. The van der Waals surface area contributed by atoms with Crippen LogP contribution in [0.1, 0.15) is 47.8 Å². The Morgan fingerprint density at radius 3 is 1.69 bits per heavy atom. The summed E-state index contributed by atoms with van der Waals surface area (Å²) in [6.07, 6.45) is 12.6. The summed E-state index contributed by atoms with van der Waals surface area (Å²) in [4.78, 5) is 2.37. The van der Waals surface area contributed by atoms with Gasteiger partial charge >= 0.3 is 0 Å². The topological polar surface area (TPSA) is 12.5 Å². The molecule has 1 fully saturated rings. The minimum absolute atomic E-state index is 0.0851. The molecule has 2 unspecified atom stereocenters. The minimum atomic E-state index is 0.0851. The number of hydrogen-bond acceptors (Lipinski definition) is 2. The minimum Gasteiger partial charge on any atom is -0.485 e. The monoisotopic (exact) mass is 759 g/mol. The summed E-state index contributed by atoms with van der Waals surface area (Å²) in [5, 5.41) is 2.51. The summed E-state index contributed by atoms with van der Waals surface area (Å²) in [6.45, 7) is 2.24. The van der Waals surface area contributed by atoms with E-state index < -0.39 is 0 Å². The van der Waals surface area contributed by atoms with Crippen molar-refractivity contribution in [1.82, 2.24) is 0 Å². The zero-order valence-electron chi connectivity index (χ0n) is 33.3. The quantitative estimate of drug-likeness (QED) is 0.153. The highest BCUT2D eigenvalue weighted by molar-refractivity contribution is 5.88. The summed E-state index contributed by atoms with van der Waals surface area (Å²) in [7, 11) is 0. The second-order valence-electron chi connectivity index (χ2n) is 16.4. The van der Waals surface area contributed by atoms with Crippen LogP contribution in [0.2, 0.25) is 0 Å². The number of aryl methyl sites for hydroxylation is 1. The first-order chi connectivity index (χ1) is 29.1. The molecule has 0 aromatic heterocycles. The molecule has 0 N–H and O–H groups in total. The molecule has 0 amide bonds. The molecular weight excluding hydrogens is 715 g/mol. The molecule has 0 bridgehead atoms. The van der Waals surface area contributed by atoms with Crippen molar-refractivity contribution in [3.05, 3.63) is 217 Å². The van der Waals surface area contributed by atoms with Crippen molar-refractivity contribution < 1.29 is 4.74 Å². The van der Waals surface area contributed by atoms with E-state index in [9.17, 15) is 0 Å². The molecule has 3 aliphatic rings. The Kier molecular flexibility index (Phi) is 8.85. The van der Waals surface area contributed by atoms with E-state index >= 15 is 0 Å². The number of anilines is 3. The predicted octanol–water partition coefficient (Wildman–Crippen LogP) is 15.5. The van der Waals surface area contributed by atoms with Gasteiger partial charge in [0.1, 0.15) is 11.9 Å². The van der Waals surface area contributed by atoms with Gasteiger partial charge in [-0.3, -0.25) is 0 Å². The van der Waals surface area contributed by atoms with E-state index in [0.29, 0.717) is 5.92 Å². The van der Waals surface area contributed by atoms with E-state index in [4.69, 9.17) is 4.74 Å². The second kappa shape index (κ2) is 14.8. The van der Waals surface area contributed by atoms with E-state index in [1.807, 2.05) is 0 Å². The molecule has 0 radical (unpaired) electrons. The molecule has 284 valence electrons. The Balaban J connectivity index is 0.939. The third-order valence-electron chi connectivity index (χ3n) is 12.9. The fourth-order valence-electron chi connectivity index (χ4n) is 9.36. The van der Waals surface area contributed by atoms with Crippen LogP contribution < -0.4 is 9.64 Å². The summed E-state index contributed by atoms with van der Waals surface area (Å²) in [5.41, 5.74) is 17.4. The molecule has 1 saturated carbocycles. The maximum atomic E-state index is 6.25. The van der Waals surface area contributed by atoms with Gasteiger partial charge in [0.25, 0.3) is 0 Å². The van der Waals surface area contributed by atoms with Gasteiger partial charge in [-0.15, -0.1) is 0 Å². The Bertz CT molecular complexity index is 2900. The van der Waals surface area contributed by atoms with Crippen LogP contribution in [0, 0.1) is 6.92 Å². The highest BCUT2D eigenvalue weighted by Crippen LogP contribution is 2.45. The Morgan fingerprint density at radius 1 is 0.458 bits per heavy atom. The van der Waals surface area contributed by atoms with Gasteiger partial charge in [-0.05, 0) is 159 Å². The molecule has 8 aromatic rings. The van der Waals surface area contributed by atoms with Crippen LogP contribution >= 0.6 is 0 Å². The number of rotatable bonds is 8. The van der Waals surface area contributed by atoms with Crippen LogP contribution in [0.3, 0.4) is 0 Å². The molecule has 59 heavy (non-hydrogen) atoms. The van der Waals surface area contributed by atoms with Gasteiger partial charge in [0.15, 0.2) is 0 Å². The average Bonchev–Trinajstić information content (AvgIpc) is 3.65. The average molecular weight is 760 g/mol. The zero-order valence-corrected chi connectivity index (χ0v) is 33.3. The van der Waals surface area contributed by atoms with Crippen LogP contribution in [0.15, 0.2) is 200 Å². The predicted molar refractivity (Wildman–Crippen MR) is 247 cm³/mol. The number of benzene rings is 8. The molecule has 1 heterocycles. The lowest BCUT2D eigenvalue weighted by Crippen LogP contribution is -2.15. The van der Waals surface area contributed by atoms with Crippen molar-refractivity contribution in [2.24, 2.45) is 0 Å². The molecule has 2 atom stereocenters. The second-order valence-corrected chi connectivity index (χ2v) is 16.4. The Morgan fingerprint density at radius 2 is 1.02 bits per heavy atom. The summed E-state index contributed by atoms with van der Waals surface area (Å²) in [6, 6.07) is 65.0. The lowest BCUT2D eigenvalue weighted by Gasteiger charge is -2.28. The highest BCUT2D eigenvalue weighted by atomic mass is 16.5. The van der Waals surface area contributed by atoms with Gasteiger partial charge in [-0.1, -0.05) is 140 Å². The van der Waals surface area contributed by atoms with Gasteiger partial charge in [-0.2, -0.15) is 0 Å². The van der Waals surface area contributed by atoms with Gasteiger partial charge in [0, 0.05) is 28.5 Å². The molecule has 0 saturated heterocycles. The summed E-state index contributed by atoms with van der Waals surface area (Å²) < 4.78 is 6.25. The van der Waals surface area contributed by atoms with Gasteiger partial charge in [0.2, 0.25) is 0 Å². The first-order valence-corrected chi connectivity index (χ1v) is 21.1. The van der Waals surface area contributed by atoms with Crippen molar-refractivity contribution in [3.8, 4) is 50.3 Å². The van der Waals surface area contributed by atoms with Crippen LogP contribution in [0.5, 0.6) is 5.75 Å². The summed E-state index contributed by atoms with van der Waals surface area (Å²) >= 11 is 0. The molecule has 8 aromatic carbocycles. The first kappa shape index (κ1) is 35.3. The third-order valence-corrected chi connectivity index (χ3v) is 12.9. The van der Waals surface area contributed by atoms with Crippen molar-refractivity contribution in [3.63, 3.8) is 0 Å². The Labute approximate surface area is 347 Å². The van der Waals surface area contributed by atoms with E-state index in [1.54, 1.807) is 0 Å². The largest absolute Gasteiger partial charge is 0.485 e. The van der Waals surface area contributed by atoms with Crippen molar-refractivity contribution in [2.45, 2.75) is 44.1 Å². The van der Waals surface area contributed by atoms with Crippen LogP contribution in [0.25, 0.3) is 55.3 Å². The number of allylic oxidation sites excluding steroid dienone is 2. The standard InChI is InChI=1S/C57H45NO/c1-38-17-18-46(36-54(38)52-14-5-4-13-51(52)43-11-8-12-43)41-23-30-49(31-24-41)58(48-28-21-40(22-29-48)45-20-19-39-9-2-3-10-44(39)35-45)50-32-25-42(26-33-50)47-27-34-57-55(37-47)53-15-6-7-16-56(53)59-57/h2-7,9-10,13-37,43,53,56H,8,11-12H2,1H3. The Hall–Kier alpha value is -6.90. The number of fused-ring (bicyclic) bond motifs is 4. The number of ether oxygens (including phenoxy) is 1. The van der Waals surface area contributed by atoms with Gasteiger partial charge < -0.3 is 9.64 Å². The van der Waals surface area contributed by atoms with Crippen molar-refractivity contribution in [2.75, 3.05) is 4.90 Å². The number of nitrogens with zero attached hydrogens (tertiary/aromatic N) is 1. The molecule has 1 aliphatic heterocycles. The fraction of sp³-hybridized carbons (Fsp3) is 0.123. The zero-order chi connectivity index (χ0) is 39.3. The SMILES string of the molecule is Cc1ccc(-c2ccc(N(c3ccc(-c4ccc5c(c4)C4C=CC=CC4O5)cc3)c3ccc(-c4ccc5ccccc5c4)cc3)cc2)cc1-c1ccccc1C1CCC1. The first-order valence-electron chi connectivity index (χ1n) is 21.1.